The van der Waals surface area contributed by atoms with Crippen LogP contribution in [-0.2, 0) is 20.1 Å². The Kier molecular flexibility index (Phi) is 3.66. The third-order valence-corrected chi connectivity index (χ3v) is 2.47. The molecule has 2 aromatic heterocycles. The zero-order valence-corrected chi connectivity index (χ0v) is 9.92. The van der Waals surface area contributed by atoms with Crippen molar-refractivity contribution in [2.75, 3.05) is 7.11 Å². The molecule has 0 atom stereocenters. The Bertz CT molecular complexity index is 482. The van der Waals surface area contributed by atoms with Crippen molar-refractivity contribution in [3.8, 4) is 5.88 Å². The van der Waals surface area contributed by atoms with Crippen molar-refractivity contribution in [3.05, 3.63) is 35.8 Å². The molecule has 0 aliphatic rings. The molecule has 1 N–H and O–H groups in total. The summed E-state index contributed by atoms with van der Waals surface area (Å²) in [4.78, 5) is 4.14. The predicted octanol–water partition coefficient (Wildman–Crippen LogP) is 0.508. The highest BCUT2D eigenvalue weighted by Crippen LogP contribution is 2.12. The van der Waals surface area contributed by atoms with E-state index in [1.807, 2.05) is 19.2 Å². The van der Waals surface area contributed by atoms with E-state index in [4.69, 9.17) is 4.74 Å². The third-order valence-electron chi connectivity index (χ3n) is 2.47. The molecule has 0 amide bonds. The Morgan fingerprint density at radius 2 is 2.29 bits per heavy atom. The van der Waals surface area contributed by atoms with E-state index < -0.39 is 0 Å². The van der Waals surface area contributed by atoms with Gasteiger partial charge in [-0.15, -0.1) is 5.10 Å². The fourth-order valence-corrected chi connectivity index (χ4v) is 1.54. The number of hydrogen-bond acceptors (Lipinski definition) is 5. The van der Waals surface area contributed by atoms with Gasteiger partial charge in [-0.3, -0.25) is 4.68 Å². The summed E-state index contributed by atoms with van der Waals surface area (Å²) in [6, 6.07) is 3.88. The largest absolute Gasteiger partial charge is 0.481 e. The maximum absolute atomic E-state index is 5.18. The third kappa shape index (κ3) is 2.79. The Morgan fingerprint density at radius 3 is 3.00 bits per heavy atom. The lowest BCUT2D eigenvalue weighted by Crippen LogP contribution is -2.16. The quantitative estimate of drug-likeness (QED) is 0.815. The Morgan fingerprint density at radius 1 is 1.41 bits per heavy atom. The zero-order chi connectivity index (χ0) is 12.1. The number of aryl methyl sites for hydroxylation is 1. The Hall–Kier alpha value is -1.95. The second-order valence-electron chi connectivity index (χ2n) is 3.62. The van der Waals surface area contributed by atoms with E-state index in [1.54, 1.807) is 24.2 Å². The van der Waals surface area contributed by atoms with Crippen molar-refractivity contribution in [3.63, 3.8) is 0 Å². The molecule has 17 heavy (non-hydrogen) atoms. The van der Waals surface area contributed by atoms with Crippen molar-refractivity contribution >= 4 is 0 Å². The van der Waals surface area contributed by atoms with Crippen LogP contribution in [0.4, 0.5) is 0 Å². The van der Waals surface area contributed by atoms with Crippen molar-refractivity contribution in [1.82, 2.24) is 25.3 Å². The molecule has 2 rings (SSSR count). The summed E-state index contributed by atoms with van der Waals surface area (Å²) in [5.41, 5.74) is 2.07. The highest BCUT2D eigenvalue weighted by atomic mass is 16.5. The second kappa shape index (κ2) is 5.40. The molecule has 2 heterocycles. The number of ether oxygens (including phenoxy) is 1. The normalized spacial score (nSPS) is 10.5. The molecule has 90 valence electrons. The predicted molar refractivity (Wildman–Crippen MR) is 62.3 cm³/mol. The molecule has 0 fully saturated rings. The molecule has 0 aromatic carbocycles. The van der Waals surface area contributed by atoms with Crippen LogP contribution in [0, 0.1) is 0 Å². The first-order valence-electron chi connectivity index (χ1n) is 5.33. The van der Waals surface area contributed by atoms with Gasteiger partial charge in [0.15, 0.2) is 0 Å². The van der Waals surface area contributed by atoms with Crippen molar-refractivity contribution in [1.29, 1.82) is 0 Å². The van der Waals surface area contributed by atoms with E-state index >= 15 is 0 Å². The molecule has 0 saturated carbocycles. The fraction of sp³-hybridized carbons (Fsp3) is 0.364. The molecule has 0 aliphatic heterocycles. The van der Waals surface area contributed by atoms with Crippen LogP contribution in [0.25, 0.3) is 0 Å². The van der Waals surface area contributed by atoms with Gasteiger partial charge in [0, 0.05) is 31.9 Å². The van der Waals surface area contributed by atoms with Gasteiger partial charge < -0.3 is 10.1 Å². The van der Waals surface area contributed by atoms with E-state index in [2.05, 4.69) is 20.6 Å². The van der Waals surface area contributed by atoms with Crippen LogP contribution in [0.5, 0.6) is 5.88 Å². The molecule has 0 aliphatic carbocycles. The number of methoxy groups -OCH3 is 1. The van der Waals surface area contributed by atoms with Gasteiger partial charge in [-0.1, -0.05) is 11.3 Å². The maximum atomic E-state index is 5.18. The average Bonchev–Trinajstić information content (AvgIpc) is 2.76. The molecule has 0 spiro atoms. The molecule has 0 radical (unpaired) electrons. The molecule has 6 heteroatoms. The van der Waals surface area contributed by atoms with Gasteiger partial charge in [-0.2, -0.15) is 0 Å². The van der Waals surface area contributed by atoms with Crippen LogP contribution in [0.1, 0.15) is 11.3 Å². The van der Waals surface area contributed by atoms with E-state index in [-0.39, 0.29) is 0 Å². The van der Waals surface area contributed by atoms with Crippen LogP contribution in [0.3, 0.4) is 0 Å². The Balaban J connectivity index is 1.92. The summed E-state index contributed by atoms with van der Waals surface area (Å²) < 4.78 is 6.92. The summed E-state index contributed by atoms with van der Waals surface area (Å²) >= 11 is 0. The van der Waals surface area contributed by atoms with E-state index in [9.17, 15) is 0 Å². The number of pyridine rings is 1. The lowest BCUT2D eigenvalue weighted by atomic mass is 10.2. The molecule has 6 nitrogen and oxygen atoms in total. The van der Waals surface area contributed by atoms with Gasteiger partial charge in [-0.05, 0) is 6.07 Å². The lowest BCUT2D eigenvalue weighted by molar-refractivity contribution is 0.390. The van der Waals surface area contributed by atoms with Crippen LogP contribution in [-0.4, -0.2) is 27.1 Å². The van der Waals surface area contributed by atoms with Crippen LogP contribution in [0.15, 0.2) is 24.5 Å². The van der Waals surface area contributed by atoms with Crippen molar-refractivity contribution < 1.29 is 4.74 Å². The SMILES string of the molecule is COc1ncccc1CNCc1cnnn1C. The average molecular weight is 233 g/mol. The summed E-state index contributed by atoms with van der Waals surface area (Å²) in [5.74, 6) is 0.656. The number of rotatable bonds is 5. The Labute approximate surface area is 99.6 Å². The lowest BCUT2D eigenvalue weighted by Gasteiger charge is -2.08. The number of nitrogens with zero attached hydrogens (tertiary/aromatic N) is 4. The summed E-state index contributed by atoms with van der Waals surface area (Å²) in [6.45, 7) is 1.41. The molecule has 0 bridgehead atoms. The topological polar surface area (TPSA) is 64.9 Å². The van der Waals surface area contributed by atoms with Gasteiger partial charge >= 0.3 is 0 Å². The first-order valence-corrected chi connectivity index (χ1v) is 5.33. The highest BCUT2D eigenvalue weighted by molar-refractivity contribution is 5.25. The molecular weight excluding hydrogens is 218 g/mol. The summed E-state index contributed by atoms with van der Waals surface area (Å²) in [6.07, 6.45) is 3.46. The molecular formula is C11H15N5O. The molecule has 0 unspecified atom stereocenters. The van der Waals surface area contributed by atoms with Gasteiger partial charge in [0.05, 0.1) is 19.0 Å². The van der Waals surface area contributed by atoms with E-state index in [0.29, 0.717) is 19.0 Å². The van der Waals surface area contributed by atoms with Crippen LogP contribution in [0.2, 0.25) is 0 Å². The fourth-order valence-electron chi connectivity index (χ4n) is 1.54. The van der Waals surface area contributed by atoms with Crippen molar-refractivity contribution in [2.45, 2.75) is 13.1 Å². The van der Waals surface area contributed by atoms with E-state index in [0.717, 1.165) is 11.3 Å². The summed E-state index contributed by atoms with van der Waals surface area (Å²) in [7, 11) is 3.49. The molecule has 2 aromatic rings. The zero-order valence-electron chi connectivity index (χ0n) is 9.92. The number of hydrogen-bond donors (Lipinski definition) is 1. The number of nitrogens with one attached hydrogen (secondary N) is 1. The minimum absolute atomic E-state index is 0.656. The standard InChI is InChI=1S/C11H15N5O/c1-16-10(8-14-15-16)7-12-6-9-4-3-5-13-11(9)17-2/h3-5,8,12H,6-7H2,1-2H3. The molecule has 0 saturated heterocycles. The van der Waals surface area contributed by atoms with Crippen molar-refractivity contribution in [2.24, 2.45) is 7.05 Å². The second-order valence-corrected chi connectivity index (χ2v) is 3.62. The number of aromatic nitrogens is 4. The minimum atomic E-state index is 0.656. The minimum Gasteiger partial charge on any atom is -0.481 e. The van der Waals surface area contributed by atoms with Crippen LogP contribution >= 0.6 is 0 Å². The van der Waals surface area contributed by atoms with Gasteiger partial charge in [0.25, 0.3) is 0 Å². The van der Waals surface area contributed by atoms with Gasteiger partial charge in [0.2, 0.25) is 5.88 Å². The van der Waals surface area contributed by atoms with Crippen LogP contribution < -0.4 is 10.1 Å². The first kappa shape index (κ1) is 11.5. The summed E-state index contributed by atoms with van der Waals surface area (Å²) in [5, 5.41) is 11.0. The smallest absolute Gasteiger partial charge is 0.217 e. The van der Waals surface area contributed by atoms with Gasteiger partial charge in [0.1, 0.15) is 0 Å². The first-order chi connectivity index (χ1) is 8.31. The maximum Gasteiger partial charge on any atom is 0.217 e. The monoisotopic (exact) mass is 233 g/mol. The van der Waals surface area contributed by atoms with E-state index in [1.165, 1.54) is 0 Å². The highest BCUT2D eigenvalue weighted by Gasteiger charge is 2.03. The van der Waals surface area contributed by atoms with Gasteiger partial charge in [-0.25, -0.2) is 4.98 Å².